The lowest BCUT2D eigenvalue weighted by Gasteiger charge is -2.21. The topological polar surface area (TPSA) is 57.4 Å². The predicted molar refractivity (Wildman–Crippen MR) is 62.3 cm³/mol. The van der Waals surface area contributed by atoms with Crippen LogP contribution in [0.15, 0.2) is 12.4 Å². The SMILES string of the molecule is CNC1CCCc2cn(CC(O)CO)cc21. The molecule has 0 aliphatic heterocycles. The van der Waals surface area contributed by atoms with Crippen molar-refractivity contribution in [2.75, 3.05) is 13.7 Å². The maximum absolute atomic E-state index is 9.41. The van der Waals surface area contributed by atoms with E-state index in [0.717, 1.165) is 6.42 Å². The van der Waals surface area contributed by atoms with Crippen molar-refractivity contribution in [1.82, 2.24) is 9.88 Å². The number of rotatable bonds is 4. The van der Waals surface area contributed by atoms with E-state index in [1.165, 1.54) is 24.0 Å². The molecule has 1 heterocycles. The van der Waals surface area contributed by atoms with Crippen LogP contribution in [0.25, 0.3) is 0 Å². The predicted octanol–water partition coefficient (Wildman–Crippen LogP) is 0.438. The highest BCUT2D eigenvalue weighted by atomic mass is 16.3. The quantitative estimate of drug-likeness (QED) is 0.695. The van der Waals surface area contributed by atoms with Gasteiger partial charge in [-0.25, -0.2) is 0 Å². The Morgan fingerprint density at radius 1 is 1.56 bits per heavy atom. The zero-order chi connectivity index (χ0) is 11.5. The molecule has 1 aromatic rings. The summed E-state index contributed by atoms with van der Waals surface area (Å²) in [6.45, 7) is 0.290. The minimum absolute atomic E-state index is 0.182. The van der Waals surface area contributed by atoms with Crippen LogP contribution in [0.2, 0.25) is 0 Å². The highest BCUT2D eigenvalue weighted by Gasteiger charge is 2.20. The first kappa shape index (κ1) is 11.6. The Hall–Kier alpha value is -0.840. The van der Waals surface area contributed by atoms with Crippen LogP contribution in [0.1, 0.15) is 30.0 Å². The van der Waals surface area contributed by atoms with E-state index in [9.17, 15) is 5.11 Å². The first-order chi connectivity index (χ1) is 7.74. The van der Waals surface area contributed by atoms with E-state index < -0.39 is 6.10 Å². The summed E-state index contributed by atoms with van der Waals surface area (Å²) in [5.74, 6) is 0. The smallest absolute Gasteiger partial charge is 0.0949 e. The monoisotopic (exact) mass is 224 g/mol. The molecule has 1 aromatic heterocycles. The third-order valence-corrected chi connectivity index (χ3v) is 3.29. The zero-order valence-corrected chi connectivity index (χ0v) is 9.69. The lowest BCUT2D eigenvalue weighted by atomic mass is 9.91. The van der Waals surface area contributed by atoms with Gasteiger partial charge >= 0.3 is 0 Å². The van der Waals surface area contributed by atoms with E-state index in [0.29, 0.717) is 12.6 Å². The van der Waals surface area contributed by atoms with Crippen molar-refractivity contribution in [3.8, 4) is 0 Å². The normalized spacial score (nSPS) is 21.8. The number of hydrogen-bond acceptors (Lipinski definition) is 3. The summed E-state index contributed by atoms with van der Waals surface area (Å²) in [5, 5.41) is 21.5. The standard InChI is InChI=1S/C12H20N2O2/c1-13-12-4-2-3-9-5-14(7-11(9)12)6-10(16)8-15/h5,7,10,12-13,15-16H,2-4,6,8H2,1H3. The van der Waals surface area contributed by atoms with Gasteiger partial charge in [-0.2, -0.15) is 0 Å². The maximum atomic E-state index is 9.41. The van der Waals surface area contributed by atoms with Crippen LogP contribution in [0.5, 0.6) is 0 Å². The summed E-state index contributed by atoms with van der Waals surface area (Å²) in [6, 6.07) is 0.441. The van der Waals surface area contributed by atoms with Crippen LogP contribution in [0.4, 0.5) is 0 Å². The molecule has 2 atom stereocenters. The highest BCUT2D eigenvalue weighted by Crippen LogP contribution is 2.30. The van der Waals surface area contributed by atoms with Gasteiger partial charge in [0, 0.05) is 18.4 Å². The Morgan fingerprint density at radius 2 is 2.38 bits per heavy atom. The van der Waals surface area contributed by atoms with Crippen molar-refractivity contribution in [2.45, 2.75) is 38.0 Å². The van der Waals surface area contributed by atoms with Crippen molar-refractivity contribution in [3.05, 3.63) is 23.5 Å². The van der Waals surface area contributed by atoms with E-state index in [1.807, 2.05) is 11.6 Å². The minimum atomic E-state index is -0.665. The molecule has 0 spiro atoms. The first-order valence-electron chi connectivity index (χ1n) is 5.89. The van der Waals surface area contributed by atoms with Gasteiger partial charge in [-0.3, -0.25) is 0 Å². The lowest BCUT2D eigenvalue weighted by Crippen LogP contribution is -2.20. The van der Waals surface area contributed by atoms with Gasteiger partial charge in [-0.15, -0.1) is 0 Å². The Labute approximate surface area is 95.9 Å². The van der Waals surface area contributed by atoms with E-state index in [-0.39, 0.29) is 6.61 Å². The molecule has 90 valence electrons. The van der Waals surface area contributed by atoms with Gasteiger partial charge in [0.2, 0.25) is 0 Å². The van der Waals surface area contributed by atoms with Gasteiger partial charge in [0.15, 0.2) is 0 Å². The van der Waals surface area contributed by atoms with Gasteiger partial charge in [-0.1, -0.05) is 0 Å². The summed E-state index contributed by atoms with van der Waals surface area (Å²) in [4.78, 5) is 0. The highest BCUT2D eigenvalue weighted by molar-refractivity contribution is 5.30. The summed E-state index contributed by atoms with van der Waals surface area (Å²) in [6.07, 6.45) is 7.03. The molecule has 1 aliphatic carbocycles. The molecular formula is C12H20N2O2. The molecule has 0 bridgehead atoms. The number of hydrogen-bond donors (Lipinski definition) is 3. The van der Waals surface area contributed by atoms with Gasteiger partial charge in [0.25, 0.3) is 0 Å². The number of nitrogens with zero attached hydrogens (tertiary/aromatic N) is 1. The molecule has 0 radical (unpaired) electrons. The molecule has 2 rings (SSSR count). The third-order valence-electron chi connectivity index (χ3n) is 3.29. The Morgan fingerprint density at radius 3 is 3.06 bits per heavy atom. The number of aromatic nitrogens is 1. The molecule has 0 amide bonds. The molecule has 0 fully saturated rings. The Kier molecular flexibility index (Phi) is 3.63. The van der Waals surface area contributed by atoms with Crippen molar-refractivity contribution in [3.63, 3.8) is 0 Å². The zero-order valence-electron chi connectivity index (χ0n) is 9.69. The van der Waals surface area contributed by atoms with Crippen LogP contribution in [0, 0.1) is 0 Å². The van der Waals surface area contributed by atoms with Crippen LogP contribution < -0.4 is 5.32 Å². The maximum Gasteiger partial charge on any atom is 0.0949 e. The van der Waals surface area contributed by atoms with Gasteiger partial charge in [-0.05, 0) is 37.4 Å². The van der Waals surface area contributed by atoms with Gasteiger partial charge < -0.3 is 20.1 Å². The van der Waals surface area contributed by atoms with Crippen LogP contribution in [-0.4, -0.2) is 34.5 Å². The van der Waals surface area contributed by atoms with E-state index in [2.05, 4.69) is 17.7 Å². The van der Waals surface area contributed by atoms with E-state index >= 15 is 0 Å². The van der Waals surface area contributed by atoms with Crippen LogP contribution in [0.3, 0.4) is 0 Å². The van der Waals surface area contributed by atoms with E-state index in [4.69, 9.17) is 5.11 Å². The molecule has 16 heavy (non-hydrogen) atoms. The van der Waals surface area contributed by atoms with Crippen molar-refractivity contribution < 1.29 is 10.2 Å². The molecule has 0 saturated carbocycles. The van der Waals surface area contributed by atoms with Crippen LogP contribution >= 0.6 is 0 Å². The number of aryl methyl sites for hydroxylation is 1. The average molecular weight is 224 g/mol. The van der Waals surface area contributed by atoms with Crippen molar-refractivity contribution in [2.24, 2.45) is 0 Å². The summed E-state index contributed by atoms with van der Waals surface area (Å²) in [5.41, 5.74) is 2.72. The third kappa shape index (κ3) is 2.29. The second-order valence-corrected chi connectivity index (χ2v) is 4.51. The minimum Gasteiger partial charge on any atom is -0.394 e. The molecule has 0 aromatic carbocycles. The molecule has 4 heteroatoms. The first-order valence-corrected chi connectivity index (χ1v) is 5.89. The van der Waals surface area contributed by atoms with Gasteiger partial charge in [0.05, 0.1) is 19.3 Å². The second kappa shape index (κ2) is 4.99. The van der Waals surface area contributed by atoms with Crippen LogP contribution in [-0.2, 0) is 13.0 Å². The summed E-state index contributed by atoms with van der Waals surface area (Å²) >= 11 is 0. The summed E-state index contributed by atoms with van der Waals surface area (Å²) in [7, 11) is 1.99. The number of aliphatic hydroxyl groups is 2. The van der Waals surface area contributed by atoms with Gasteiger partial charge in [0.1, 0.15) is 0 Å². The lowest BCUT2D eigenvalue weighted by molar-refractivity contribution is 0.0812. The molecule has 3 N–H and O–H groups in total. The number of aliphatic hydroxyl groups excluding tert-OH is 2. The second-order valence-electron chi connectivity index (χ2n) is 4.51. The number of fused-ring (bicyclic) bond motifs is 1. The molecule has 4 nitrogen and oxygen atoms in total. The fourth-order valence-corrected chi connectivity index (χ4v) is 2.45. The molecular weight excluding hydrogens is 204 g/mol. The summed E-state index contributed by atoms with van der Waals surface area (Å²) < 4.78 is 1.99. The largest absolute Gasteiger partial charge is 0.394 e. The molecule has 2 unspecified atom stereocenters. The fourth-order valence-electron chi connectivity index (χ4n) is 2.45. The number of nitrogens with one attached hydrogen (secondary N) is 1. The molecule has 0 saturated heterocycles. The Bertz CT molecular complexity index is 349. The molecule has 1 aliphatic rings. The van der Waals surface area contributed by atoms with E-state index in [1.54, 1.807) is 0 Å². The Balaban J connectivity index is 2.15. The fraction of sp³-hybridized carbons (Fsp3) is 0.667. The average Bonchev–Trinajstić information content (AvgIpc) is 2.70. The van der Waals surface area contributed by atoms with Crippen molar-refractivity contribution >= 4 is 0 Å². The van der Waals surface area contributed by atoms with Crippen molar-refractivity contribution in [1.29, 1.82) is 0 Å².